The molecule has 0 bridgehead atoms. The van der Waals surface area contributed by atoms with Crippen LogP contribution in [0.3, 0.4) is 0 Å². The summed E-state index contributed by atoms with van der Waals surface area (Å²) in [6, 6.07) is 12.1. The fourth-order valence-corrected chi connectivity index (χ4v) is 3.94. The Morgan fingerprint density at radius 2 is 2.04 bits per heavy atom. The van der Waals surface area contributed by atoms with Crippen molar-refractivity contribution >= 4 is 29.9 Å². The topological polar surface area (TPSA) is 30.9 Å². The minimum atomic E-state index is 0. The Hall–Kier alpha value is -0.820. The first-order valence-corrected chi connectivity index (χ1v) is 9.54. The summed E-state index contributed by atoms with van der Waals surface area (Å²) < 4.78 is 0. The zero-order chi connectivity index (χ0) is 16.9. The van der Waals surface area contributed by atoms with E-state index >= 15 is 0 Å². The van der Waals surface area contributed by atoms with Crippen LogP contribution < -0.4 is 5.32 Å². The lowest BCUT2D eigenvalue weighted by Crippen LogP contribution is -2.46. The van der Waals surface area contributed by atoms with E-state index in [0.717, 1.165) is 25.6 Å². The van der Waals surface area contributed by atoms with Crippen LogP contribution in [0.1, 0.15) is 44.6 Å². The van der Waals surface area contributed by atoms with Crippen LogP contribution in [0.15, 0.2) is 35.3 Å². The van der Waals surface area contributed by atoms with Gasteiger partial charge >= 0.3 is 0 Å². The van der Waals surface area contributed by atoms with Gasteiger partial charge in [-0.2, -0.15) is 0 Å². The predicted octanol–water partition coefficient (Wildman–Crippen LogP) is 3.54. The van der Waals surface area contributed by atoms with E-state index in [9.17, 15) is 0 Å². The van der Waals surface area contributed by atoms with Gasteiger partial charge in [-0.15, -0.1) is 24.0 Å². The largest absolute Gasteiger partial charge is 0.353 e. The summed E-state index contributed by atoms with van der Waals surface area (Å²) in [5, 5.41) is 3.70. The van der Waals surface area contributed by atoms with Crippen LogP contribution in [0.5, 0.6) is 0 Å². The molecule has 0 radical (unpaired) electrons. The van der Waals surface area contributed by atoms with Crippen LogP contribution in [0.2, 0.25) is 0 Å². The second-order valence-electron chi connectivity index (χ2n) is 7.11. The number of aliphatic imine (C=N–C) groups is 1. The molecule has 2 aliphatic rings. The minimum absolute atomic E-state index is 0. The lowest BCUT2D eigenvalue weighted by molar-refractivity contribution is 0.232. The van der Waals surface area contributed by atoms with Crippen molar-refractivity contribution in [2.45, 2.75) is 51.1 Å². The summed E-state index contributed by atoms with van der Waals surface area (Å²) in [6.45, 7) is 8.70. The number of likely N-dealkylation sites (tertiary alicyclic amines) is 1. The molecule has 5 heteroatoms. The van der Waals surface area contributed by atoms with E-state index in [1.54, 1.807) is 0 Å². The molecule has 1 aromatic rings. The van der Waals surface area contributed by atoms with Crippen molar-refractivity contribution in [2.24, 2.45) is 4.99 Å². The van der Waals surface area contributed by atoms with Crippen molar-refractivity contribution in [3.8, 4) is 0 Å². The molecule has 0 spiro atoms. The number of hydrogen-bond donors (Lipinski definition) is 1. The van der Waals surface area contributed by atoms with Crippen molar-refractivity contribution in [1.29, 1.82) is 0 Å². The third-order valence-electron chi connectivity index (χ3n) is 5.39. The van der Waals surface area contributed by atoms with E-state index in [4.69, 9.17) is 4.99 Å². The van der Waals surface area contributed by atoms with E-state index in [0.29, 0.717) is 18.0 Å². The van der Waals surface area contributed by atoms with Crippen molar-refractivity contribution in [1.82, 2.24) is 15.1 Å². The fraction of sp³-hybridized carbons (Fsp3) is 0.650. The standard InChI is InChI=1S/C20H32N4.HI/c1-4-21-20(23(3)15-17-12-9-13-24(17)5-2)22-19-14-18(19)16-10-7-6-8-11-16;/h6-8,10-11,17-19H,4-5,9,12-15H2,1-3H3,(H,21,22);1H. The number of guanidine groups is 1. The molecule has 1 N–H and O–H groups in total. The molecule has 2 fully saturated rings. The van der Waals surface area contributed by atoms with Gasteiger partial charge in [-0.3, -0.25) is 9.89 Å². The normalized spacial score (nSPS) is 26.2. The Morgan fingerprint density at radius 1 is 1.28 bits per heavy atom. The summed E-state index contributed by atoms with van der Waals surface area (Å²) >= 11 is 0. The van der Waals surface area contributed by atoms with E-state index in [1.807, 2.05) is 0 Å². The van der Waals surface area contributed by atoms with Crippen LogP contribution in [0.25, 0.3) is 0 Å². The van der Waals surface area contributed by atoms with E-state index in [1.165, 1.54) is 31.4 Å². The lowest BCUT2D eigenvalue weighted by Gasteiger charge is -2.30. The first-order chi connectivity index (χ1) is 11.7. The molecular weight excluding hydrogens is 423 g/mol. The molecule has 1 saturated carbocycles. The summed E-state index contributed by atoms with van der Waals surface area (Å²) in [5.74, 6) is 1.71. The zero-order valence-corrected chi connectivity index (χ0v) is 18.1. The number of benzene rings is 1. The van der Waals surface area contributed by atoms with E-state index in [2.05, 4.69) is 66.3 Å². The third-order valence-corrected chi connectivity index (χ3v) is 5.39. The molecule has 25 heavy (non-hydrogen) atoms. The highest BCUT2D eigenvalue weighted by Gasteiger charge is 2.39. The van der Waals surface area contributed by atoms with Gasteiger partial charge in [0.25, 0.3) is 0 Å². The van der Waals surface area contributed by atoms with Gasteiger partial charge in [0.2, 0.25) is 0 Å². The number of hydrogen-bond acceptors (Lipinski definition) is 2. The van der Waals surface area contributed by atoms with Crippen LogP contribution in [-0.2, 0) is 0 Å². The fourth-order valence-electron chi connectivity index (χ4n) is 3.94. The number of nitrogens with zero attached hydrogens (tertiary/aromatic N) is 3. The van der Waals surface area contributed by atoms with Gasteiger partial charge < -0.3 is 10.2 Å². The molecule has 1 aliphatic carbocycles. The zero-order valence-electron chi connectivity index (χ0n) is 15.8. The first-order valence-electron chi connectivity index (χ1n) is 9.54. The summed E-state index contributed by atoms with van der Waals surface area (Å²) in [4.78, 5) is 9.68. The first kappa shape index (κ1) is 20.5. The van der Waals surface area contributed by atoms with Crippen molar-refractivity contribution in [2.75, 3.05) is 33.2 Å². The van der Waals surface area contributed by atoms with Crippen LogP contribution in [-0.4, -0.2) is 61.1 Å². The molecule has 0 aromatic heterocycles. The highest BCUT2D eigenvalue weighted by Crippen LogP contribution is 2.40. The lowest BCUT2D eigenvalue weighted by atomic mass is 10.1. The molecule has 1 aliphatic heterocycles. The molecule has 1 aromatic carbocycles. The minimum Gasteiger partial charge on any atom is -0.353 e. The van der Waals surface area contributed by atoms with Crippen LogP contribution in [0.4, 0.5) is 0 Å². The molecule has 140 valence electrons. The summed E-state index contributed by atoms with van der Waals surface area (Å²) in [7, 11) is 2.19. The highest BCUT2D eigenvalue weighted by atomic mass is 127. The Balaban J connectivity index is 0.00000225. The second kappa shape index (κ2) is 9.76. The predicted molar refractivity (Wildman–Crippen MR) is 117 cm³/mol. The molecule has 4 nitrogen and oxygen atoms in total. The molecule has 3 rings (SSSR count). The number of nitrogens with one attached hydrogen (secondary N) is 1. The van der Waals surface area contributed by atoms with Gasteiger partial charge in [0.1, 0.15) is 0 Å². The Labute approximate surface area is 170 Å². The third kappa shape index (κ3) is 5.33. The van der Waals surface area contributed by atoms with Gasteiger partial charge in [-0.1, -0.05) is 37.3 Å². The molecule has 3 atom stereocenters. The molecular formula is C20H33IN4. The Bertz CT molecular complexity index is 548. The van der Waals surface area contributed by atoms with Crippen LogP contribution >= 0.6 is 24.0 Å². The van der Waals surface area contributed by atoms with Gasteiger partial charge in [0.15, 0.2) is 5.96 Å². The molecule has 0 amide bonds. The molecule has 1 heterocycles. The van der Waals surface area contributed by atoms with E-state index < -0.39 is 0 Å². The monoisotopic (exact) mass is 456 g/mol. The summed E-state index contributed by atoms with van der Waals surface area (Å²) in [6.07, 6.45) is 3.86. The quantitative estimate of drug-likeness (QED) is 0.404. The average molecular weight is 456 g/mol. The summed E-state index contributed by atoms with van der Waals surface area (Å²) in [5.41, 5.74) is 1.45. The van der Waals surface area contributed by atoms with Gasteiger partial charge in [0, 0.05) is 38.1 Å². The number of halogens is 1. The molecule has 3 unspecified atom stereocenters. The maximum absolute atomic E-state index is 4.74. The number of likely N-dealkylation sites (N-methyl/N-ethyl adjacent to an activating group) is 2. The Morgan fingerprint density at radius 3 is 2.72 bits per heavy atom. The highest BCUT2D eigenvalue weighted by molar-refractivity contribution is 14.0. The smallest absolute Gasteiger partial charge is 0.193 e. The van der Waals surface area contributed by atoms with E-state index in [-0.39, 0.29) is 24.0 Å². The maximum Gasteiger partial charge on any atom is 0.193 e. The van der Waals surface area contributed by atoms with Crippen molar-refractivity contribution < 1.29 is 0 Å². The maximum atomic E-state index is 4.74. The Kier molecular flexibility index (Phi) is 8.00. The van der Waals surface area contributed by atoms with Gasteiger partial charge in [-0.05, 0) is 44.8 Å². The van der Waals surface area contributed by atoms with Crippen LogP contribution in [0, 0.1) is 0 Å². The number of rotatable bonds is 6. The van der Waals surface area contributed by atoms with Gasteiger partial charge in [0.05, 0.1) is 0 Å². The van der Waals surface area contributed by atoms with Crippen molar-refractivity contribution in [3.63, 3.8) is 0 Å². The molecule has 1 saturated heterocycles. The van der Waals surface area contributed by atoms with Gasteiger partial charge in [-0.25, -0.2) is 0 Å². The second-order valence-corrected chi connectivity index (χ2v) is 7.11. The van der Waals surface area contributed by atoms with Crippen molar-refractivity contribution in [3.05, 3.63) is 35.9 Å². The average Bonchev–Trinajstić information content (AvgIpc) is 3.23. The SMILES string of the molecule is CCN=C(NC1CC1c1ccccc1)N(C)CC1CCCN1CC.I.